The lowest BCUT2D eigenvalue weighted by Crippen LogP contribution is -2.12. The number of aromatic nitrogens is 3. The van der Waals surface area contributed by atoms with Gasteiger partial charge in [0.1, 0.15) is 0 Å². The number of carbonyl (C=O) groups excluding carboxylic acids is 1. The van der Waals surface area contributed by atoms with E-state index in [0.29, 0.717) is 39.1 Å². The Hall–Kier alpha value is -4.18. The summed E-state index contributed by atoms with van der Waals surface area (Å²) in [6.07, 6.45) is 1.47. The average Bonchev–Trinajstić information content (AvgIpc) is 3.07. The van der Waals surface area contributed by atoms with E-state index in [1.165, 1.54) is 6.20 Å². The molecule has 3 N–H and O–H groups in total. The van der Waals surface area contributed by atoms with Crippen molar-refractivity contribution in [2.45, 2.75) is 0 Å². The Morgan fingerprint density at radius 1 is 1.04 bits per heavy atom. The van der Waals surface area contributed by atoms with E-state index < -0.39 is 0 Å². The lowest BCUT2D eigenvalue weighted by molar-refractivity contribution is 0.102. The molecule has 0 unspecified atom stereocenters. The minimum atomic E-state index is -0.320. The summed E-state index contributed by atoms with van der Waals surface area (Å²) in [5, 5.41) is 12.0. The third kappa shape index (κ3) is 3.19. The van der Waals surface area contributed by atoms with Crippen molar-refractivity contribution in [2.24, 2.45) is 0 Å². The molecule has 27 heavy (non-hydrogen) atoms. The number of anilines is 1. The second-order valence-corrected chi connectivity index (χ2v) is 5.88. The van der Waals surface area contributed by atoms with E-state index in [9.17, 15) is 14.9 Å². The van der Waals surface area contributed by atoms with E-state index in [2.05, 4.69) is 26.3 Å². The van der Waals surface area contributed by atoms with Crippen molar-refractivity contribution in [3.8, 4) is 17.3 Å². The van der Waals surface area contributed by atoms with Gasteiger partial charge in [-0.1, -0.05) is 18.2 Å². The molecule has 0 saturated carbocycles. The van der Waals surface area contributed by atoms with E-state index in [4.69, 9.17) is 0 Å². The van der Waals surface area contributed by atoms with Gasteiger partial charge in [0.05, 0.1) is 33.9 Å². The van der Waals surface area contributed by atoms with Gasteiger partial charge in [0.25, 0.3) is 5.91 Å². The first-order valence-corrected chi connectivity index (χ1v) is 8.13. The number of amides is 1. The Bertz CT molecular complexity index is 1250. The van der Waals surface area contributed by atoms with Crippen molar-refractivity contribution < 1.29 is 4.79 Å². The third-order valence-corrected chi connectivity index (χ3v) is 4.12. The maximum atomic E-state index is 12.4. The molecule has 0 bridgehead atoms. The summed E-state index contributed by atoms with van der Waals surface area (Å²) in [4.78, 5) is 33.4. The second-order valence-electron chi connectivity index (χ2n) is 5.88. The molecular weight excluding hydrogens is 342 g/mol. The minimum absolute atomic E-state index is 0.300. The van der Waals surface area contributed by atoms with Gasteiger partial charge in [0.15, 0.2) is 0 Å². The van der Waals surface area contributed by atoms with Crippen molar-refractivity contribution in [3.05, 3.63) is 82.4 Å². The quantitative estimate of drug-likeness (QED) is 0.524. The van der Waals surface area contributed by atoms with Crippen LogP contribution in [0.4, 0.5) is 5.69 Å². The normalized spacial score (nSPS) is 10.5. The fourth-order valence-electron chi connectivity index (χ4n) is 2.81. The van der Waals surface area contributed by atoms with Crippen LogP contribution in [0.5, 0.6) is 0 Å². The number of nitriles is 1. The molecule has 1 amide bonds. The van der Waals surface area contributed by atoms with Gasteiger partial charge in [0.2, 0.25) is 0 Å². The number of pyridine rings is 1. The van der Waals surface area contributed by atoms with Crippen molar-refractivity contribution in [1.29, 1.82) is 5.26 Å². The van der Waals surface area contributed by atoms with Gasteiger partial charge in [-0.05, 0) is 36.4 Å². The number of benzene rings is 2. The molecule has 0 atom stereocenters. The summed E-state index contributed by atoms with van der Waals surface area (Å²) in [6.45, 7) is 0. The van der Waals surface area contributed by atoms with Crippen LogP contribution in [0.25, 0.3) is 22.3 Å². The Balaban J connectivity index is 1.57. The van der Waals surface area contributed by atoms with Gasteiger partial charge in [0, 0.05) is 17.4 Å². The second kappa shape index (κ2) is 6.61. The average molecular weight is 355 g/mol. The number of imidazole rings is 1. The zero-order chi connectivity index (χ0) is 18.8. The Kier molecular flexibility index (Phi) is 3.99. The standard InChI is InChI=1S/C20H13N5O2/c21-10-12-3-1-2-4-15(12)16-7-5-13(11-22-16)19(26)23-14-6-8-17-18(9-14)25-20(27)24-17/h1-9,11H,(H,23,26)(H2,24,25,27). The predicted octanol–water partition coefficient (Wildman–Crippen LogP) is 3.04. The molecule has 0 spiro atoms. The highest BCUT2D eigenvalue weighted by atomic mass is 16.2. The van der Waals surface area contributed by atoms with Crippen LogP contribution in [-0.2, 0) is 0 Å². The lowest BCUT2D eigenvalue weighted by Gasteiger charge is -2.07. The van der Waals surface area contributed by atoms with Gasteiger partial charge < -0.3 is 15.3 Å². The topological polar surface area (TPSA) is 114 Å². The molecule has 4 aromatic rings. The van der Waals surface area contributed by atoms with Crippen molar-refractivity contribution in [3.63, 3.8) is 0 Å². The van der Waals surface area contributed by atoms with Crippen LogP contribution >= 0.6 is 0 Å². The van der Waals surface area contributed by atoms with Crippen molar-refractivity contribution >= 4 is 22.6 Å². The molecule has 0 aliphatic carbocycles. The number of nitrogens with zero attached hydrogens (tertiary/aromatic N) is 2. The molecule has 0 radical (unpaired) electrons. The maximum Gasteiger partial charge on any atom is 0.323 e. The number of H-pyrrole nitrogens is 2. The number of fused-ring (bicyclic) bond motifs is 1. The molecular formula is C20H13N5O2. The molecule has 0 fully saturated rings. The zero-order valence-corrected chi connectivity index (χ0v) is 14.0. The number of hydrogen-bond donors (Lipinski definition) is 3. The van der Waals surface area contributed by atoms with Gasteiger partial charge in [-0.2, -0.15) is 5.26 Å². The Morgan fingerprint density at radius 2 is 1.85 bits per heavy atom. The van der Waals surface area contributed by atoms with E-state index >= 15 is 0 Å². The fourth-order valence-corrected chi connectivity index (χ4v) is 2.81. The van der Waals surface area contributed by atoms with Crippen LogP contribution in [0.1, 0.15) is 15.9 Å². The number of carbonyl (C=O) groups is 1. The van der Waals surface area contributed by atoms with E-state index in [1.54, 1.807) is 42.5 Å². The monoisotopic (exact) mass is 355 g/mol. The highest BCUT2D eigenvalue weighted by molar-refractivity contribution is 6.04. The minimum Gasteiger partial charge on any atom is -0.322 e. The van der Waals surface area contributed by atoms with Crippen LogP contribution in [-0.4, -0.2) is 20.9 Å². The third-order valence-electron chi connectivity index (χ3n) is 4.12. The zero-order valence-electron chi connectivity index (χ0n) is 14.0. The SMILES string of the molecule is N#Cc1ccccc1-c1ccc(C(=O)Nc2ccc3[nH]c(=O)[nH]c3c2)cn1. The first kappa shape index (κ1) is 16.3. The Labute approximate surface area is 153 Å². The van der Waals surface area contributed by atoms with Crippen LogP contribution in [0, 0.1) is 11.3 Å². The number of nitrogens with one attached hydrogen (secondary N) is 3. The summed E-state index contributed by atoms with van der Waals surface area (Å²) in [7, 11) is 0. The molecule has 2 aromatic heterocycles. The molecule has 2 heterocycles. The molecule has 7 nitrogen and oxygen atoms in total. The van der Waals surface area contributed by atoms with Crippen molar-refractivity contribution in [2.75, 3.05) is 5.32 Å². The fraction of sp³-hybridized carbons (Fsp3) is 0. The van der Waals surface area contributed by atoms with Gasteiger partial charge >= 0.3 is 5.69 Å². The van der Waals surface area contributed by atoms with Gasteiger partial charge in [-0.3, -0.25) is 9.78 Å². The van der Waals surface area contributed by atoms with Crippen molar-refractivity contribution in [1.82, 2.24) is 15.0 Å². The molecule has 0 aliphatic rings. The van der Waals surface area contributed by atoms with Crippen LogP contribution in [0.2, 0.25) is 0 Å². The molecule has 0 saturated heterocycles. The summed E-state index contributed by atoms with van der Waals surface area (Å²) >= 11 is 0. The molecule has 130 valence electrons. The van der Waals surface area contributed by atoms with Crippen LogP contribution in [0.15, 0.2) is 65.6 Å². The first-order valence-electron chi connectivity index (χ1n) is 8.13. The first-order chi connectivity index (χ1) is 13.1. The maximum absolute atomic E-state index is 12.4. The van der Waals surface area contributed by atoms with Gasteiger partial charge in [-0.25, -0.2) is 4.79 Å². The molecule has 2 aromatic carbocycles. The predicted molar refractivity (Wildman–Crippen MR) is 101 cm³/mol. The highest BCUT2D eigenvalue weighted by Crippen LogP contribution is 2.21. The number of aromatic amines is 2. The van der Waals surface area contributed by atoms with Gasteiger partial charge in [-0.15, -0.1) is 0 Å². The number of hydrogen-bond acceptors (Lipinski definition) is 4. The van der Waals surface area contributed by atoms with Crippen LogP contribution in [0.3, 0.4) is 0 Å². The number of rotatable bonds is 3. The largest absolute Gasteiger partial charge is 0.323 e. The molecule has 7 heteroatoms. The molecule has 0 aliphatic heterocycles. The van der Waals surface area contributed by atoms with Crippen LogP contribution < -0.4 is 11.0 Å². The molecule has 4 rings (SSSR count). The Morgan fingerprint density at radius 3 is 2.63 bits per heavy atom. The summed E-state index contributed by atoms with van der Waals surface area (Å²) < 4.78 is 0. The van der Waals surface area contributed by atoms with E-state index in [1.807, 2.05) is 12.1 Å². The lowest BCUT2D eigenvalue weighted by atomic mass is 10.0. The summed E-state index contributed by atoms with van der Waals surface area (Å²) in [6, 6.07) is 17.7. The van der Waals surface area contributed by atoms with E-state index in [0.717, 1.165) is 0 Å². The summed E-state index contributed by atoms with van der Waals surface area (Å²) in [5.74, 6) is -0.320. The smallest absolute Gasteiger partial charge is 0.322 e. The van der Waals surface area contributed by atoms with E-state index in [-0.39, 0.29) is 11.6 Å². The summed E-state index contributed by atoms with van der Waals surface area (Å²) in [5.41, 5.74) is 3.78. The highest BCUT2D eigenvalue weighted by Gasteiger charge is 2.10.